The Morgan fingerprint density at radius 2 is 2.31 bits per heavy atom. The van der Waals surface area contributed by atoms with Gasteiger partial charge in [0.1, 0.15) is 29.7 Å². The summed E-state index contributed by atoms with van der Waals surface area (Å²) in [5.41, 5.74) is 9.33. The number of nitrogens with two attached hydrogens (primary N) is 2. The number of amides is 2. The lowest BCUT2D eigenvalue weighted by atomic mass is 9.77. The van der Waals surface area contributed by atoms with Gasteiger partial charge in [-0.3, -0.25) is 4.57 Å². The first-order chi connectivity index (χ1) is 12.4. The van der Waals surface area contributed by atoms with Crippen LogP contribution in [0.5, 0.6) is 0 Å². The number of hydrogen-bond donors (Lipinski definition) is 3. The SMILES string of the molecule is CO[C@@H]1CO[C@]23CCN(C(N)=O)[C@H]1[C@H]2O[C@@H](n1ccc(N)nc1=O)[C@@H]3O. The van der Waals surface area contributed by atoms with Crippen molar-refractivity contribution in [2.75, 3.05) is 26.0 Å². The van der Waals surface area contributed by atoms with Crippen molar-refractivity contribution in [3.8, 4) is 0 Å². The Balaban J connectivity index is 1.75. The topological polar surface area (TPSA) is 155 Å². The Kier molecular flexibility index (Phi) is 3.91. The molecule has 0 unspecified atom stereocenters. The van der Waals surface area contributed by atoms with Crippen LogP contribution in [0.25, 0.3) is 0 Å². The van der Waals surface area contributed by atoms with Crippen LogP contribution in [0.3, 0.4) is 0 Å². The first kappa shape index (κ1) is 17.2. The van der Waals surface area contributed by atoms with Crippen molar-refractivity contribution in [1.82, 2.24) is 14.5 Å². The van der Waals surface area contributed by atoms with Gasteiger partial charge in [0, 0.05) is 19.9 Å². The number of primary amides is 1. The summed E-state index contributed by atoms with van der Waals surface area (Å²) in [5.74, 6) is 0.0728. The summed E-state index contributed by atoms with van der Waals surface area (Å²) in [7, 11) is 1.51. The number of anilines is 1. The highest BCUT2D eigenvalue weighted by atomic mass is 16.6. The fourth-order valence-corrected chi connectivity index (χ4v) is 4.29. The molecule has 3 aliphatic rings. The van der Waals surface area contributed by atoms with Crippen LogP contribution in [-0.4, -0.2) is 75.8 Å². The monoisotopic (exact) mass is 367 g/mol. The van der Waals surface area contributed by atoms with Crippen LogP contribution in [0, 0.1) is 0 Å². The molecule has 4 rings (SSSR count). The van der Waals surface area contributed by atoms with E-state index in [2.05, 4.69) is 4.98 Å². The molecule has 11 heteroatoms. The number of aliphatic hydroxyl groups is 1. The molecular weight excluding hydrogens is 346 g/mol. The molecule has 26 heavy (non-hydrogen) atoms. The zero-order valence-electron chi connectivity index (χ0n) is 14.1. The molecule has 0 saturated carbocycles. The maximum absolute atomic E-state index is 12.2. The lowest BCUT2D eigenvalue weighted by molar-refractivity contribution is -0.238. The summed E-state index contributed by atoms with van der Waals surface area (Å²) in [6, 6.07) is 0.315. The van der Waals surface area contributed by atoms with Crippen molar-refractivity contribution in [2.24, 2.45) is 5.73 Å². The van der Waals surface area contributed by atoms with Gasteiger partial charge in [-0.05, 0) is 12.5 Å². The third-order valence-electron chi connectivity index (χ3n) is 5.56. The number of urea groups is 1. The van der Waals surface area contributed by atoms with E-state index in [9.17, 15) is 14.7 Å². The van der Waals surface area contributed by atoms with Crippen molar-refractivity contribution in [1.29, 1.82) is 0 Å². The molecule has 0 aliphatic carbocycles. The van der Waals surface area contributed by atoms with Crippen LogP contribution in [0.1, 0.15) is 12.6 Å². The molecule has 0 radical (unpaired) electrons. The number of aromatic nitrogens is 2. The van der Waals surface area contributed by atoms with Gasteiger partial charge in [0.05, 0.1) is 12.6 Å². The smallest absolute Gasteiger partial charge is 0.351 e. The van der Waals surface area contributed by atoms with Crippen molar-refractivity contribution in [3.63, 3.8) is 0 Å². The van der Waals surface area contributed by atoms with E-state index in [0.29, 0.717) is 13.0 Å². The van der Waals surface area contributed by atoms with Crippen LogP contribution in [0.15, 0.2) is 17.1 Å². The van der Waals surface area contributed by atoms with E-state index in [1.54, 1.807) is 0 Å². The first-order valence-corrected chi connectivity index (χ1v) is 8.30. The maximum atomic E-state index is 12.2. The number of likely N-dealkylation sites (tertiary alicyclic amines) is 1. The molecule has 3 aliphatic heterocycles. The van der Waals surface area contributed by atoms with Crippen molar-refractivity contribution < 1.29 is 24.1 Å². The summed E-state index contributed by atoms with van der Waals surface area (Å²) in [6.07, 6.45) is -1.59. The Bertz CT molecular complexity index is 786. The number of rotatable bonds is 2. The number of piperidine rings is 1. The number of carbonyl (C=O) groups excluding carboxylic acids is 1. The Morgan fingerprint density at radius 1 is 1.54 bits per heavy atom. The average molecular weight is 367 g/mol. The first-order valence-electron chi connectivity index (χ1n) is 8.30. The van der Waals surface area contributed by atoms with Crippen molar-refractivity contribution in [3.05, 3.63) is 22.7 Å². The highest BCUT2D eigenvalue weighted by Gasteiger charge is 2.67. The second-order valence-electron chi connectivity index (χ2n) is 6.75. The molecule has 6 atom stereocenters. The molecule has 1 aromatic rings. The van der Waals surface area contributed by atoms with Crippen LogP contribution in [-0.2, 0) is 14.2 Å². The Hall–Kier alpha value is -2.21. The molecule has 142 valence electrons. The second kappa shape index (κ2) is 5.91. The van der Waals surface area contributed by atoms with Gasteiger partial charge in [0.15, 0.2) is 6.23 Å². The molecule has 0 aromatic carbocycles. The van der Waals surface area contributed by atoms with Gasteiger partial charge in [-0.25, -0.2) is 9.59 Å². The minimum Gasteiger partial charge on any atom is -0.385 e. The molecule has 2 bridgehead atoms. The van der Waals surface area contributed by atoms with E-state index in [4.69, 9.17) is 25.7 Å². The number of aliphatic hydroxyl groups excluding tert-OH is 1. The van der Waals surface area contributed by atoms with Crippen LogP contribution >= 0.6 is 0 Å². The average Bonchev–Trinajstić information content (AvgIpc) is 2.89. The van der Waals surface area contributed by atoms with Crippen LogP contribution in [0.2, 0.25) is 0 Å². The molecule has 3 fully saturated rings. The predicted octanol–water partition coefficient (Wildman–Crippen LogP) is -1.98. The van der Waals surface area contributed by atoms with Crippen LogP contribution in [0.4, 0.5) is 10.6 Å². The highest BCUT2D eigenvalue weighted by Crippen LogP contribution is 2.49. The minimum absolute atomic E-state index is 0.0728. The number of nitrogen functional groups attached to an aromatic ring is 1. The van der Waals surface area contributed by atoms with Gasteiger partial charge in [-0.1, -0.05) is 0 Å². The predicted molar refractivity (Wildman–Crippen MR) is 87.0 cm³/mol. The van der Waals surface area contributed by atoms with Gasteiger partial charge >= 0.3 is 11.7 Å². The fraction of sp³-hybridized carbons (Fsp3) is 0.667. The number of nitrogens with zero attached hydrogens (tertiary/aromatic N) is 3. The third kappa shape index (κ3) is 2.24. The minimum atomic E-state index is -1.13. The van der Waals surface area contributed by atoms with E-state index in [-0.39, 0.29) is 12.4 Å². The summed E-state index contributed by atoms with van der Waals surface area (Å²) in [6.45, 7) is 0.460. The van der Waals surface area contributed by atoms with Gasteiger partial charge in [0.25, 0.3) is 0 Å². The van der Waals surface area contributed by atoms with Gasteiger partial charge in [-0.15, -0.1) is 0 Å². The number of ether oxygens (including phenoxy) is 3. The van der Waals surface area contributed by atoms with E-state index >= 15 is 0 Å². The van der Waals surface area contributed by atoms with E-state index in [1.807, 2.05) is 0 Å². The summed E-state index contributed by atoms with van der Waals surface area (Å²) in [5, 5.41) is 11.0. The van der Waals surface area contributed by atoms with Crippen molar-refractivity contribution in [2.45, 2.75) is 42.6 Å². The molecule has 1 aromatic heterocycles. The Morgan fingerprint density at radius 3 is 2.96 bits per heavy atom. The largest absolute Gasteiger partial charge is 0.385 e. The van der Waals surface area contributed by atoms with Crippen molar-refractivity contribution >= 4 is 11.8 Å². The summed E-state index contributed by atoms with van der Waals surface area (Å²) in [4.78, 5) is 29.2. The van der Waals surface area contributed by atoms with E-state index in [0.717, 1.165) is 0 Å². The number of carbonyl (C=O) groups is 1. The Labute approximate surface area is 148 Å². The zero-order chi connectivity index (χ0) is 18.6. The fourth-order valence-electron chi connectivity index (χ4n) is 4.29. The molecule has 3 saturated heterocycles. The second-order valence-corrected chi connectivity index (χ2v) is 6.75. The molecule has 0 spiro atoms. The number of methoxy groups -OCH3 is 1. The molecular formula is C15H21N5O6. The zero-order valence-corrected chi connectivity index (χ0v) is 14.1. The summed E-state index contributed by atoms with van der Waals surface area (Å²) < 4.78 is 18.6. The molecule has 4 heterocycles. The van der Waals surface area contributed by atoms with E-state index < -0.39 is 47.9 Å². The molecule has 5 N–H and O–H groups in total. The van der Waals surface area contributed by atoms with Gasteiger partial charge in [-0.2, -0.15) is 4.98 Å². The quantitative estimate of drug-likeness (QED) is 0.543. The normalized spacial score (nSPS) is 38.8. The van der Waals surface area contributed by atoms with Gasteiger partial charge < -0.3 is 35.7 Å². The number of hydrogen-bond acceptors (Lipinski definition) is 8. The van der Waals surface area contributed by atoms with E-state index in [1.165, 1.54) is 28.8 Å². The molecule has 2 amide bonds. The third-order valence-corrected chi connectivity index (χ3v) is 5.56. The lowest BCUT2D eigenvalue weighted by Gasteiger charge is -2.54. The highest BCUT2D eigenvalue weighted by molar-refractivity contribution is 5.73. The molecule has 11 nitrogen and oxygen atoms in total. The van der Waals surface area contributed by atoms with Gasteiger partial charge in [0.2, 0.25) is 0 Å². The summed E-state index contributed by atoms with van der Waals surface area (Å²) >= 11 is 0. The van der Waals surface area contributed by atoms with Crippen LogP contribution < -0.4 is 17.2 Å². The maximum Gasteiger partial charge on any atom is 0.351 e. The standard InChI is InChI=1S/C15H21N5O6/c1-24-7-6-25-15-3-5-19(13(17)22)9(7)11(15)26-12(10(15)21)20-4-2-8(16)18-14(20)23/h2,4,7,9-12,21H,3,5-6H2,1H3,(H2,17,22)(H2,16,18,23)/t7-,9-,10+,11-,12-,15+/m1/s1. The lowest BCUT2D eigenvalue weighted by Crippen LogP contribution is -2.72.